The molecule has 0 spiro atoms. The van der Waals surface area contributed by atoms with E-state index in [2.05, 4.69) is 15.2 Å². The van der Waals surface area contributed by atoms with E-state index in [0.29, 0.717) is 21.7 Å². The summed E-state index contributed by atoms with van der Waals surface area (Å²) < 4.78 is 5.28. The van der Waals surface area contributed by atoms with Crippen molar-refractivity contribution >= 4 is 34.1 Å². The first-order chi connectivity index (χ1) is 11.1. The van der Waals surface area contributed by atoms with Crippen molar-refractivity contribution in [3.63, 3.8) is 0 Å². The molecule has 3 rings (SSSR count). The number of ether oxygens (including phenoxy) is 1. The molecule has 1 heterocycles. The van der Waals surface area contributed by atoms with Gasteiger partial charge in [0.25, 0.3) is 0 Å². The van der Waals surface area contributed by atoms with E-state index in [1.54, 1.807) is 42.5 Å². The van der Waals surface area contributed by atoms with Crippen LogP contribution in [0.3, 0.4) is 0 Å². The van der Waals surface area contributed by atoms with E-state index >= 15 is 0 Å². The molecule has 0 aliphatic carbocycles. The molecule has 0 bridgehead atoms. The van der Waals surface area contributed by atoms with Crippen LogP contribution in [0.25, 0.3) is 10.9 Å². The number of aromatic amines is 1. The molecular formula is C16H12ClN3O3. The Kier molecular flexibility index (Phi) is 4.25. The Labute approximate surface area is 136 Å². The molecule has 3 aromatic rings. The molecule has 0 radical (unpaired) electrons. The first-order valence-electron chi connectivity index (χ1n) is 6.76. The second-order valence-corrected chi connectivity index (χ2v) is 5.14. The highest BCUT2D eigenvalue weighted by atomic mass is 35.5. The van der Waals surface area contributed by atoms with Gasteiger partial charge in [-0.25, -0.2) is 0 Å². The van der Waals surface area contributed by atoms with Crippen LogP contribution in [-0.2, 0) is 4.79 Å². The van der Waals surface area contributed by atoms with E-state index in [4.69, 9.17) is 16.3 Å². The quantitative estimate of drug-likeness (QED) is 0.702. The minimum absolute atomic E-state index is 0.178. The minimum Gasteiger partial charge on any atom is -0.493 e. The summed E-state index contributed by atoms with van der Waals surface area (Å²) >= 11 is 5.88. The van der Waals surface area contributed by atoms with Gasteiger partial charge in [-0.15, -0.1) is 10.2 Å². The number of hydrogen-bond donors (Lipinski definition) is 2. The van der Waals surface area contributed by atoms with Gasteiger partial charge in [-0.3, -0.25) is 4.79 Å². The number of H-pyrrole nitrogens is 1. The first-order valence-corrected chi connectivity index (χ1v) is 7.14. The van der Waals surface area contributed by atoms with Crippen LogP contribution >= 0.6 is 11.6 Å². The summed E-state index contributed by atoms with van der Waals surface area (Å²) in [6.07, 6.45) is 0. The van der Waals surface area contributed by atoms with Gasteiger partial charge in [0.05, 0.1) is 5.52 Å². The number of nitrogens with one attached hydrogen (secondary N) is 1. The molecule has 0 saturated carbocycles. The van der Waals surface area contributed by atoms with E-state index in [1.807, 2.05) is 6.07 Å². The Bertz CT molecular complexity index is 875. The highest BCUT2D eigenvalue weighted by Gasteiger charge is 2.11. The maximum Gasteiger partial charge on any atom is 0.302 e. The molecule has 0 atom stereocenters. The molecule has 0 saturated heterocycles. The van der Waals surface area contributed by atoms with E-state index in [0.717, 1.165) is 0 Å². The SMILES string of the molecule is O=C(COc1ccccc1)N=Nc1c(O)[nH]c2cc(Cl)ccc12. The number of amides is 1. The number of para-hydroxylation sites is 1. The Hall–Kier alpha value is -2.86. The molecule has 0 aliphatic heterocycles. The first kappa shape index (κ1) is 15.1. The Morgan fingerprint density at radius 3 is 2.78 bits per heavy atom. The maximum absolute atomic E-state index is 11.7. The van der Waals surface area contributed by atoms with Crippen molar-refractivity contribution in [1.82, 2.24) is 4.98 Å². The lowest BCUT2D eigenvalue weighted by Crippen LogP contribution is -2.07. The van der Waals surface area contributed by atoms with Crippen molar-refractivity contribution in [3.05, 3.63) is 53.6 Å². The predicted octanol–water partition coefficient (Wildman–Crippen LogP) is 4.22. The molecule has 0 fully saturated rings. The van der Waals surface area contributed by atoms with Crippen LogP contribution in [0, 0.1) is 0 Å². The number of benzene rings is 2. The molecule has 0 unspecified atom stereocenters. The van der Waals surface area contributed by atoms with Crippen LogP contribution in [0.15, 0.2) is 58.8 Å². The summed E-state index contributed by atoms with van der Waals surface area (Å²) in [6.45, 7) is -0.234. The highest BCUT2D eigenvalue weighted by Crippen LogP contribution is 2.36. The second-order valence-electron chi connectivity index (χ2n) is 4.71. The van der Waals surface area contributed by atoms with Crippen LogP contribution in [0.1, 0.15) is 0 Å². The van der Waals surface area contributed by atoms with Gasteiger partial charge in [-0.1, -0.05) is 29.8 Å². The number of aromatic hydroxyl groups is 1. The molecule has 1 amide bonds. The number of carbonyl (C=O) groups excluding carboxylic acids is 1. The number of halogens is 1. The van der Waals surface area contributed by atoms with Gasteiger partial charge in [0, 0.05) is 10.4 Å². The largest absolute Gasteiger partial charge is 0.493 e. The number of carbonyl (C=O) groups is 1. The summed E-state index contributed by atoms with van der Waals surface area (Å²) in [5.74, 6) is -0.167. The Morgan fingerprint density at radius 2 is 2.00 bits per heavy atom. The van der Waals surface area contributed by atoms with Crippen molar-refractivity contribution in [1.29, 1.82) is 0 Å². The summed E-state index contributed by atoms with van der Waals surface area (Å²) in [7, 11) is 0. The zero-order chi connectivity index (χ0) is 16.2. The van der Waals surface area contributed by atoms with Gasteiger partial charge in [-0.05, 0) is 30.3 Å². The van der Waals surface area contributed by atoms with Crippen LogP contribution in [0.5, 0.6) is 11.6 Å². The van der Waals surface area contributed by atoms with E-state index in [-0.39, 0.29) is 18.2 Å². The van der Waals surface area contributed by atoms with Crippen LogP contribution < -0.4 is 4.74 Å². The normalized spacial score (nSPS) is 11.2. The van der Waals surface area contributed by atoms with Crippen molar-refractivity contribution in [2.24, 2.45) is 10.2 Å². The van der Waals surface area contributed by atoms with E-state index in [1.165, 1.54) is 0 Å². The fourth-order valence-electron chi connectivity index (χ4n) is 2.04. The van der Waals surface area contributed by atoms with E-state index < -0.39 is 5.91 Å². The molecule has 116 valence electrons. The molecule has 1 aromatic heterocycles. The van der Waals surface area contributed by atoms with Gasteiger partial charge in [-0.2, -0.15) is 0 Å². The fourth-order valence-corrected chi connectivity index (χ4v) is 2.21. The lowest BCUT2D eigenvalue weighted by atomic mass is 10.2. The Morgan fingerprint density at radius 1 is 1.22 bits per heavy atom. The summed E-state index contributed by atoms with van der Waals surface area (Å²) in [6, 6.07) is 13.9. The second kappa shape index (κ2) is 6.50. The van der Waals surface area contributed by atoms with Crippen molar-refractivity contribution in [2.75, 3.05) is 6.61 Å². The molecule has 2 aromatic carbocycles. The van der Waals surface area contributed by atoms with Gasteiger partial charge in [0.2, 0.25) is 5.88 Å². The average Bonchev–Trinajstić information content (AvgIpc) is 2.86. The smallest absolute Gasteiger partial charge is 0.302 e. The number of hydrogen-bond acceptors (Lipinski definition) is 4. The number of nitrogens with zero attached hydrogens (tertiary/aromatic N) is 2. The number of azo groups is 1. The summed E-state index contributed by atoms with van der Waals surface area (Å²) in [4.78, 5) is 14.4. The van der Waals surface area contributed by atoms with Crippen molar-refractivity contribution in [2.45, 2.75) is 0 Å². The predicted molar refractivity (Wildman–Crippen MR) is 86.4 cm³/mol. The van der Waals surface area contributed by atoms with Crippen LogP contribution in [0.4, 0.5) is 5.69 Å². The zero-order valence-corrected chi connectivity index (χ0v) is 12.6. The minimum atomic E-state index is -0.559. The topological polar surface area (TPSA) is 87.0 Å². The molecule has 2 N–H and O–H groups in total. The standard InChI is InChI=1S/C16H12ClN3O3/c17-10-6-7-12-13(8-10)18-16(22)15(12)20-19-14(21)9-23-11-4-2-1-3-5-11/h1-8,18,22H,9H2. The number of aromatic nitrogens is 1. The van der Waals surface area contributed by atoms with Crippen LogP contribution in [0.2, 0.25) is 5.02 Å². The molecule has 0 aliphatic rings. The monoisotopic (exact) mass is 329 g/mol. The number of rotatable bonds is 4. The zero-order valence-electron chi connectivity index (χ0n) is 11.9. The van der Waals surface area contributed by atoms with Gasteiger partial charge < -0.3 is 14.8 Å². The lowest BCUT2D eigenvalue weighted by molar-refractivity contribution is -0.120. The molecule has 23 heavy (non-hydrogen) atoms. The van der Waals surface area contributed by atoms with Gasteiger partial charge >= 0.3 is 5.91 Å². The maximum atomic E-state index is 11.7. The molecule has 7 heteroatoms. The van der Waals surface area contributed by atoms with E-state index in [9.17, 15) is 9.90 Å². The fraction of sp³-hybridized carbons (Fsp3) is 0.0625. The Balaban J connectivity index is 1.72. The number of fused-ring (bicyclic) bond motifs is 1. The average molecular weight is 330 g/mol. The van der Waals surface area contributed by atoms with Crippen molar-refractivity contribution < 1.29 is 14.6 Å². The molecular weight excluding hydrogens is 318 g/mol. The van der Waals surface area contributed by atoms with Crippen LogP contribution in [-0.4, -0.2) is 22.6 Å². The third-order valence-electron chi connectivity index (χ3n) is 3.08. The lowest BCUT2D eigenvalue weighted by Gasteiger charge is -2.01. The summed E-state index contributed by atoms with van der Waals surface area (Å²) in [5.41, 5.74) is 0.793. The third-order valence-corrected chi connectivity index (χ3v) is 3.32. The van der Waals surface area contributed by atoms with Gasteiger partial charge in [0.1, 0.15) is 5.75 Å². The molecule has 6 nitrogen and oxygen atoms in total. The highest BCUT2D eigenvalue weighted by molar-refractivity contribution is 6.31. The van der Waals surface area contributed by atoms with Gasteiger partial charge in [0.15, 0.2) is 12.3 Å². The summed E-state index contributed by atoms with van der Waals surface area (Å²) in [5, 5.41) is 18.4. The third kappa shape index (κ3) is 3.49. The van der Waals surface area contributed by atoms with Crippen molar-refractivity contribution in [3.8, 4) is 11.6 Å².